The number of nitrogens with one attached hydrogen (secondary N) is 1. The second-order valence-electron chi connectivity index (χ2n) is 8.07. The second-order valence-corrected chi connectivity index (χ2v) is 8.07. The summed E-state index contributed by atoms with van der Waals surface area (Å²) < 4.78 is 0. The van der Waals surface area contributed by atoms with Crippen molar-refractivity contribution < 1.29 is 5.11 Å². The van der Waals surface area contributed by atoms with Crippen molar-refractivity contribution in [2.24, 2.45) is 5.41 Å². The second kappa shape index (κ2) is 6.99. The molecule has 3 aromatic rings. The Morgan fingerprint density at radius 3 is 2.27 bits per heavy atom. The molecule has 1 fully saturated rings. The summed E-state index contributed by atoms with van der Waals surface area (Å²) in [6.07, 6.45) is 0. The molecule has 3 aromatic carbocycles. The van der Waals surface area contributed by atoms with E-state index in [1.165, 1.54) is 27.1 Å². The molecule has 0 bridgehead atoms. The Bertz CT molecular complexity index is 912. The maximum Gasteiger partial charge on any atom is 0.0500 e. The van der Waals surface area contributed by atoms with Crippen molar-refractivity contribution in [1.29, 1.82) is 0 Å². The Hall–Kier alpha value is -1.94. The highest BCUT2D eigenvalue weighted by Gasteiger charge is 2.36. The van der Waals surface area contributed by atoms with Crippen LogP contribution in [0, 0.1) is 5.41 Å². The molecule has 1 heterocycles. The molecule has 1 aliphatic rings. The van der Waals surface area contributed by atoms with E-state index >= 15 is 0 Å². The number of piperazine rings is 1. The minimum Gasteiger partial charge on any atom is -0.396 e. The van der Waals surface area contributed by atoms with Gasteiger partial charge in [-0.25, -0.2) is 0 Å². The fraction of sp³-hybridized carbons (Fsp3) is 0.391. The minimum atomic E-state index is -0.220. The average molecular weight is 348 g/mol. The number of rotatable bonds is 4. The fourth-order valence-electron chi connectivity index (χ4n) is 4.45. The van der Waals surface area contributed by atoms with Gasteiger partial charge in [0, 0.05) is 44.2 Å². The smallest absolute Gasteiger partial charge is 0.0500 e. The monoisotopic (exact) mass is 348 g/mol. The van der Waals surface area contributed by atoms with Gasteiger partial charge in [-0.1, -0.05) is 62.4 Å². The molecule has 0 radical (unpaired) electrons. The number of aliphatic hydroxyl groups excluding tert-OH is 1. The molecule has 4 rings (SSSR count). The van der Waals surface area contributed by atoms with Crippen LogP contribution >= 0.6 is 0 Å². The molecule has 136 valence electrons. The zero-order valence-corrected chi connectivity index (χ0v) is 15.7. The molecular weight excluding hydrogens is 320 g/mol. The van der Waals surface area contributed by atoms with Crippen LogP contribution in [0.15, 0.2) is 54.6 Å². The zero-order chi connectivity index (χ0) is 18.1. The molecule has 0 unspecified atom stereocenters. The minimum absolute atomic E-state index is 0.169. The number of fused-ring (bicyclic) bond motifs is 3. The van der Waals surface area contributed by atoms with Crippen LogP contribution in [0.5, 0.6) is 0 Å². The van der Waals surface area contributed by atoms with Crippen molar-refractivity contribution in [3.63, 3.8) is 0 Å². The summed E-state index contributed by atoms with van der Waals surface area (Å²) >= 11 is 0. The summed E-state index contributed by atoms with van der Waals surface area (Å²) in [5.74, 6) is 0. The molecule has 1 atom stereocenters. The number of benzene rings is 3. The van der Waals surface area contributed by atoms with E-state index in [4.69, 9.17) is 0 Å². The Kier molecular flexibility index (Phi) is 4.70. The molecule has 1 aliphatic heterocycles. The first-order valence-corrected chi connectivity index (χ1v) is 9.58. The van der Waals surface area contributed by atoms with Gasteiger partial charge in [0.25, 0.3) is 0 Å². The van der Waals surface area contributed by atoms with Gasteiger partial charge >= 0.3 is 0 Å². The molecule has 3 heteroatoms. The van der Waals surface area contributed by atoms with Crippen molar-refractivity contribution in [3.8, 4) is 0 Å². The van der Waals surface area contributed by atoms with E-state index in [2.05, 4.69) is 78.7 Å². The molecule has 26 heavy (non-hydrogen) atoms. The van der Waals surface area contributed by atoms with Gasteiger partial charge in [0.2, 0.25) is 0 Å². The van der Waals surface area contributed by atoms with E-state index < -0.39 is 0 Å². The van der Waals surface area contributed by atoms with Crippen LogP contribution in [-0.4, -0.2) is 42.8 Å². The van der Waals surface area contributed by atoms with Crippen molar-refractivity contribution in [1.82, 2.24) is 10.2 Å². The molecule has 0 aliphatic carbocycles. The highest BCUT2D eigenvalue weighted by Crippen LogP contribution is 2.43. The van der Waals surface area contributed by atoms with Crippen molar-refractivity contribution in [2.75, 3.05) is 32.8 Å². The zero-order valence-electron chi connectivity index (χ0n) is 15.7. The number of aliphatic hydroxyl groups is 1. The number of hydrogen-bond donors (Lipinski definition) is 2. The van der Waals surface area contributed by atoms with Gasteiger partial charge < -0.3 is 10.4 Å². The van der Waals surface area contributed by atoms with Crippen molar-refractivity contribution in [3.05, 3.63) is 60.2 Å². The Labute approximate surface area is 155 Å². The van der Waals surface area contributed by atoms with Crippen LogP contribution < -0.4 is 5.32 Å². The Morgan fingerprint density at radius 2 is 1.58 bits per heavy atom. The van der Waals surface area contributed by atoms with E-state index in [1.54, 1.807) is 0 Å². The molecule has 3 nitrogen and oxygen atoms in total. The van der Waals surface area contributed by atoms with Gasteiger partial charge in [-0.05, 0) is 33.2 Å². The largest absolute Gasteiger partial charge is 0.396 e. The summed E-state index contributed by atoms with van der Waals surface area (Å²) in [5, 5.41) is 18.8. The van der Waals surface area contributed by atoms with Crippen molar-refractivity contribution in [2.45, 2.75) is 19.9 Å². The molecule has 0 saturated carbocycles. The first-order chi connectivity index (χ1) is 12.6. The summed E-state index contributed by atoms with van der Waals surface area (Å²) in [6.45, 7) is 8.56. The first kappa shape index (κ1) is 17.5. The molecule has 0 amide bonds. The van der Waals surface area contributed by atoms with Crippen LogP contribution in [-0.2, 0) is 0 Å². The van der Waals surface area contributed by atoms with Gasteiger partial charge in [-0.2, -0.15) is 0 Å². The number of hydrogen-bond acceptors (Lipinski definition) is 3. The summed E-state index contributed by atoms with van der Waals surface area (Å²) in [6, 6.07) is 19.9. The van der Waals surface area contributed by atoms with E-state index in [-0.39, 0.29) is 18.1 Å². The topological polar surface area (TPSA) is 35.5 Å². The lowest BCUT2D eigenvalue weighted by Crippen LogP contribution is -2.49. The van der Waals surface area contributed by atoms with Crippen LogP contribution in [0.4, 0.5) is 0 Å². The van der Waals surface area contributed by atoms with Crippen LogP contribution in [0.2, 0.25) is 0 Å². The quantitative estimate of drug-likeness (QED) is 0.701. The number of nitrogens with zero attached hydrogens (tertiary/aromatic N) is 1. The van der Waals surface area contributed by atoms with E-state index in [1.807, 2.05) is 0 Å². The Morgan fingerprint density at radius 1 is 0.962 bits per heavy atom. The van der Waals surface area contributed by atoms with Gasteiger partial charge in [-0.3, -0.25) is 4.90 Å². The predicted octanol–water partition coefficient (Wildman–Crippen LogP) is 3.96. The SMILES string of the molecule is CC(C)(CO)[C@H](c1cc2ccccc2c2ccccc12)N1CCNCC1. The molecule has 0 aromatic heterocycles. The van der Waals surface area contributed by atoms with Gasteiger partial charge in [-0.15, -0.1) is 0 Å². The van der Waals surface area contributed by atoms with Crippen LogP contribution in [0.1, 0.15) is 25.5 Å². The van der Waals surface area contributed by atoms with E-state index in [0.717, 1.165) is 26.2 Å². The standard InChI is InChI=1S/C23H28N2O/c1-23(2,16-26)22(25-13-11-24-12-14-25)21-15-17-7-3-4-8-18(17)19-9-5-6-10-20(19)21/h3-10,15,22,24,26H,11-14,16H2,1-2H3/t22-/m0/s1. The van der Waals surface area contributed by atoms with Crippen molar-refractivity contribution >= 4 is 21.5 Å². The highest BCUT2D eigenvalue weighted by molar-refractivity contribution is 6.09. The maximum atomic E-state index is 10.2. The first-order valence-electron chi connectivity index (χ1n) is 9.58. The molecule has 0 spiro atoms. The van der Waals surface area contributed by atoms with Gasteiger partial charge in [0.05, 0.1) is 0 Å². The lowest BCUT2D eigenvalue weighted by Gasteiger charge is -2.44. The van der Waals surface area contributed by atoms with Gasteiger partial charge in [0.15, 0.2) is 0 Å². The Balaban J connectivity index is 1.98. The van der Waals surface area contributed by atoms with Crippen LogP contribution in [0.3, 0.4) is 0 Å². The summed E-state index contributed by atoms with van der Waals surface area (Å²) in [7, 11) is 0. The van der Waals surface area contributed by atoms with Gasteiger partial charge in [0.1, 0.15) is 0 Å². The van der Waals surface area contributed by atoms with Crippen LogP contribution in [0.25, 0.3) is 21.5 Å². The normalized spacial score (nSPS) is 17.7. The lowest BCUT2D eigenvalue weighted by atomic mass is 9.77. The average Bonchev–Trinajstić information content (AvgIpc) is 2.69. The predicted molar refractivity (Wildman–Crippen MR) is 110 cm³/mol. The highest BCUT2D eigenvalue weighted by atomic mass is 16.3. The third-order valence-corrected chi connectivity index (χ3v) is 5.76. The van der Waals surface area contributed by atoms with E-state index in [9.17, 15) is 5.11 Å². The molecule has 2 N–H and O–H groups in total. The molecule has 1 saturated heterocycles. The summed E-state index contributed by atoms with van der Waals surface area (Å²) in [4.78, 5) is 2.54. The maximum absolute atomic E-state index is 10.2. The molecular formula is C23H28N2O. The fourth-order valence-corrected chi connectivity index (χ4v) is 4.45. The summed E-state index contributed by atoms with van der Waals surface area (Å²) in [5.41, 5.74) is 1.11. The third-order valence-electron chi connectivity index (χ3n) is 5.76. The third kappa shape index (κ3) is 3.01. The lowest BCUT2D eigenvalue weighted by molar-refractivity contribution is 0.0313. The van der Waals surface area contributed by atoms with E-state index in [0.29, 0.717) is 0 Å².